The Morgan fingerprint density at radius 1 is 1.56 bits per heavy atom. The van der Waals surface area contributed by atoms with Crippen LogP contribution in [0.25, 0.3) is 0 Å². The molecule has 2 heteroatoms. The first-order valence-electron chi connectivity index (χ1n) is 3.36. The second-order valence-electron chi connectivity index (χ2n) is 2.50. The first-order valence-corrected chi connectivity index (χ1v) is 3.36. The van der Waals surface area contributed by atoms with Gasteiger partial charge in [-0.1, -0.05) is 6.42 Å². The molecule has 0 unspecified atom stereocenters. The highest BCUT2D eigenvalue weighted by atomic mass is 16.5. The van der Waals surface area contributed by atoms with Gasteiger partial charge in [-0.25, -0.2) is 0 Å². The largest absolute Gasteiger partial charge is 0.381 e. The monoisotopic (exact) mass is 128 g/mol. The molecular weight excluding hydrogens is 116 g/mol. The minimum Gasteiger partial charge on any atom is -0.381 e. The van der Waals surface area contributed by atoms with Crippen molar-refractivity contribution >= 4 is 6.29 Å². The lowest BCUT2D eigenvalue weighted by molar-refractivity contribution is -0.113. The van der Waals surface area contributed by atoms with Crippen molar-refractivity contribution in [2.24, 2.45) is 5.92 Å². The van der Waals surface area contributed by atoms with Gasteiger partial charge in [0.1, 0.15) is 6.29 Å². The molecule has 0 N–H and O–H groups in total. The molecule has 1 fully saturated rings. The van der Waals surface area contributed by atoms with Crippen molar-refractivity contribution in [3.05, 3.63) is 0 Å². The number of aldehydes is 1. The second-order valence-corrected chi connectivity index (χ2v) is 2.50. The Hall–Kier alpha value is -0.370. The van der Waals surface area contributed by atoms with Crippen molar-refractivity contribution in [3.8, 4) is 0 Å². The predicted molar refractivity (Wildman–Crippen MR) is 34.2 cm³/mol. The molecular formula is C7H12O2. The molecule has 0 heterocycles. The number of rotatable bonds is 2. The molecule has 1 rings (SSSR count). The van der Waals surface area contributed by atoms with Gasteiger partial charge in [-0.3, -0.25) is 0 Å². The Bertz CT molecular complexity index is 101. The molecule has 0 aromatic heterocycles. The lowest BCUT2D eigenvalue weighted by Crippen LogP contribution is -2.16. The number of hydrogen-bond donors (Lipinski definition) is 0. The summed E-state index contributed by atoms with van der Waals surface area (Å²) in [4.78, 5) is 10.3. The van der Waals surface area contributed by atoms with E-state index in [1.54, 1.807) is 7.11 Å². The molecule has 52 valence electrons. The Morgan fingerprint density at radius 3 is 2.78 bits per heavy atom. The average molecular weight is 128 g/mol. The maximum Gasteiger partial charge on any atom is 0.125 e. The third kappa shape index (κ3) is 1.30. The van der Waals surface area contributed by atoms with Gasteiger partial charge in [0, 0.05) is 13.0 Å². The predicted octanol–water partition coefficient (Wildman–Crippen LogP) is 1.00. The number of methoxy groups -OCH3 is 1. The van der Waals surface area contributed by atoms with Crippen molar-refractivity contribution in [2.75, 3.05) is 7.11 Å². The zero-order valence-electron chi connectivity index (χ0n) is 5.67. The molecule has 0 bridgehead atoms. The van der Waals surface area contributed by atoms with E-state index in [0.29, 0.717) is 0 Å². The molecule has 0 amide bonds. The summed E-state index contributed by atoms with van der Waals surface area (Å²) < 4.78 is 5.08. The average Bonchev–Trinajstić information content (AvgIpc) is 2.33. The summed E-state index contributed by atoms with van der Waals surface area (Å²) >= 11 is 0. The summed E-state index contributed by atoms with van der Waals surface area (Å²) in [7, 11) is 1.67. The standard InChI is InChI=1S/C7H12O2/c1-9-7-4-2-3-6(7)5-8/h5-7H,2-4H2,1H3/t6-,7+/m0/s1. The summed E-state index contributed by atoms with van der Waals surface area (Å²) in [5.74, 6) is 0.176. The fourth-order valence-electron chi connectivity index (χ4n) is 1.40. The van der Waals surface area contributed by atoms with Crippen LogP contribution >= 0.6 is 0 Å². The number of carbonyl (C=O) groups excluding carboxylic acids is 1. The summed E-state index contributed by atoms with van der Waals surface area (Å²) in [6, 6.07) is 0. The van der Waals surface area contributed by atoms with Gasteiger partial charge in [0.2, 0.25) is 0 Å². The summed E-state index contributed by atoms with van der Waals surface area (Å²) in [5, 5.41) is 0. The maximum atomic E-state index is 10.3. The van der Waals surface area contributed by atoms with E-state index in [1.807, 2.05) is 0 Å². The van der Waals surface area contributed by atoms with Gasteiger partial charge in [0.05, 0.1) is 6.10 Å². The summed E-state index contributed by atoms with van der Waals surface area (Å²) in [5.41, 5.74) is 0. The first-order chi connectivity index (χ1) is 4.38. The fourth-order valence-corrected chi connectivity index (χ4v) is 1.40. The molecule has 1 aliphatic carbocycles. The zero-order valence-corrected chi connectivity index (χ0v) is 5.67. The molecule has 2 atom stereocenters. The summed E-state index contributed by atoms with van der Waals surface area (Å²) in [6.07, 6.45) is 4.44. The highest BCUT2D eigenvalue weighted by molar-refractivity contribution is 5.55. The van der Waals surface area contributed by atoms with E-state index in [-0.39, 0.29) is 12.0 Å². The summed E-state index contributed by atoms with van der Waals surface area (Å²) in [6.45, 7) is 0. The highest BCUT2D eigenvalue weighted by Gasteiger charge is 2.25. The Balaban J connectivity index is 2.41. The van der Waals surface area contributed by atoms with Crippen LogP contribution in [0, 0.1) is 5.92 Å². The molecule has 1 aliphatic rings. The smallest absolute Gasteiger partial charge is 0.125 e. The van der Waals surface area contributed by atoms with Crippen LogP contribution in [0.15, 0.2) is 0 Å². The van der Waals surface area contributed by atoms with E-state index < -0.39 is 0 Å². The Labute approximate surface area is 55.2 Å². The number of carbonyl (C=O) groups is 1. The van der Waals surface area contributed by atoms with Crippen molar-refractivity contribution in [1.29, 1.82) is 0 Å². The van der Waals surface area contributed by atoms with Gasteiger partial charge in [-0.05, 0) is 12.8 Å². The van der Waals surface area contributed by atoms with Crippen LogP contribution in [-0.4, -0.2) is 19.5 Å². The van der Waals surface area contributed by atoms with Gasteiger partial charge >= 0.3 is 0 Å². The van der Waals surface area contributed by atoms with E-state index in [9.17, 15) is 4.79 Å². The lowest BCUT2D eigenvalue weighted by atomic mass is 10.1. The van der Waals surface area contributed by atoms with Gasteiger partial charge < -0.3 is 9.53 Å². The van der Waals surface area contributed by atoms with Crippen LogP contribution in [0.2, 0.25) is 0 Å². The Kier molecular flexibility index (Phi) is 2.22. The maximum absolute atomic E-state index is 10.3. The molecule has 0 aromatic carbocycles. The molecule has 2 nitrogen and oxygen atoms in total. The third-order valence-corrected chi connectivity index (χ3v) is 1.98. The SMILES string of the molecule is CO[C@@H]1CCC[C@H]1C=O. The Morgan fingerprint density at radius 2 is 2.33 bits per heavy atom. The third-order valence-electron chi connectivity index (χ3n) is 1.98. The van der Waals surface area contributed by atoms with Gasteiger partial charge in [-0.15, -0.1) is 0 Å². The molecule has 0 aromatic rings. The van der Waals surface area contributed by atoms with Crippen LogP contribution in [-0.2, 0) is 9.53 Å². The van der Waals surface area contributed by atoms with Crippen molar-refractivity contribution in [3.63, 3.8) is 0 Å². The topological polar surface area (TPSA) is 26.3 Å². The lowest BCUT2D eigenvalue weighted by Gasteiger charge is -2.10. The van der Waals surface area contributed by atoms with Crippen LogP contribution in [0.1, 0.15) is 19.3 Å². The van der Waals surface area contributed by atoms with Crippen molar-refractivity contribution < 1.29 is 9.53 Å². The normalized spacial score (nSPS) is 34.8. The van der Waals surface area contributed by atoms with Crippen molar-refractivity contribution in [1.82, 2.24) is 0 Å². The van der Waals surface area contributed by atoms with E-state index in [0.717, 1.165) is 25.5 Å². The van der Waals surface area contributed by atoms with Gasteiger partial charge in [-0.2, -0.15) is 0 Å². The zero-order chi connectivity index (χ0) is 6.69. The van der Waals surface area contributed by atoms with Crippen molar-refractivity contribution in [2.45, 2.75) is 25.4 Å². The number of ether oxygens (including phenoxy) is 1. The van der Waals surface area contributed by atoms with E-state index in [1.165, 1.54) is 0 Å². The molecule has 0 spiro atoms. The fraction of sp³-hybridized carbons (Fsp3) is 0.857. The molecule has 1 saturated carbocycles. The molecule has 9 heavy (non-hydrogen) atoms. The second kappa shape index (κ2) is 2.97. The minimum absolute atomic E-state index is 0.176. The molecule has 0 saturated heterocycles. The molecule has 0 radical (unpaired) electrons. The van der Waals surface area contributed by atoms with E-state index in [2.05, 4.69) is 0 Å². The number of hydrogen-bond acceptors (Lipinski definition) is 2. The first kappa shape index (κ1) is 6.75. The minimum atomic E-state index is 0.176. The quantitative estimate of drug-likeness (QED) is 0.518. The van der Waals surface area contributed by atoms with Crippen LogP contribution < -0.4 is 0 Å². The van der Waals surface area contributed by atoms with Gasteiger partial charge in [0.15, 0.2) is 0 Å². The van der Waals surface area contributed by atoms with E-state index in [4.69, 9.17) is 4.74 Å². The molecule has 0 aliphatic heterocycles. The van der Waals surface area contributed by atoms with Crippen LogP contribution in [0.5, 0.6) is 0 Å². The van der Waals surface area contributed by atoms with Crippen LogP contribution in [0.4, 0.5) is 0 Å². The van der Waals surface area contributed by atoms with Crippen LogP contribution in [0.3, 0.4) is 0 Å². The van der Waals surface area contributed by atoms with Gasteiger partial charge in [0.25, 0.3) is 0 Å². The van der Waals surface area contributed by atoms with E-state index >= 15 is 0 Å². The highest BCUT2D eigenvalue weighted by Crippen LogP contribution is 2.25.